The van der Waals surface area contributed by atoms with Crippen LogP contribution in [0.15, 0.2) is 24.4 Å². The molecule has 86 valence electrons. The molecule has 0 aliphatic carbocycles. The van der Waals surface area contributed by atoms with Crippen LogP contribution in [0.3, 0.4) is 0 Å². The molecular formula is C14H20N2. The third-order valence-corrected chi connectivity index (χ3v) is 4.35. The van der Waals surface area contributed by atoms with Crippen molar-refractivity contribution in [2.45, 2.75) is 45.2 Å². The van der Waals surface area contributed by atoms with Crippen molar-refractivity contribution in [3.8, 4) is 0 Å². The normalized spacial score (nSPS) is 32.7. The first kappa shape index (κ1) is 10.1. The predicted molar refractivity (Wildman–Crippen MR) is 66.5 cm³/mol. The summed E-state index contributed by atoms with van der Waals surface area (Å²) < 4.78 is 0. The Kier molecular flexibility index (Phi) is 2.38. The van der Waals surface area contributed by atoms with Crippen LogP contribution in [-0.4, -0.2) is 17.1 Å². The zero-order chi connectivity index (χ0) is 11.1. The van der Waals surface area contributed by atoms with Crippen LogP contribution in [0.1, 0.15) is 33.1 Å². The van der Waals surface area contributed by atoms with Gasteiger partial charge < -0.3 is 4.90 Å². The van der Waals surface area contributed by atoms with E-state index in [0.717, 1.165) is 23.9 Å². The standard InChI is InChI=1S/C14H20N2/c1-10(2)12-9-11-6-7-13(12)16(11)14-5-3-4-8-15-14/h3-5,8,10-13H,6-7,9H2,1-2H3. The largest absolute Gasteiger partial charge is 0.350 e. The fraction of sp³-hybridized carbons (Fsp3) is 0.643. The van der Waals surface area contributed by atoms with E-state index in [2.05, 4.69) is 35.9 Å². The summed E-state index contributed by atoms with van der Waals surface area (Å²) in [5.41, 5.74) is 0. The second-order valence-electron chi connectivity index (χ2n) is 5.54. The van der Waals surface area contributed by atoms with Crippen LogP contribution in [0.2, 0.25) is 0 Å². The van der Waals surface area contributed by atoms with Gasteiger partial charge in [0, 0.05) is 18.3 Å². The summed E-state index contributed by atoms with van der Waals surface area (Å²) in [6.07, 6.45) is 6.02. The van der Waals surface area contributed by atoms with Crippen LogP contribution in [-0.2, 0) is 0 Å². The monoisotopic (exact) mass is 216 g/mol. The summed E-state index contributed by atoms with van der Waals surface area (Å²) in [4.78, 5) is 7.11. The molecule has 0 saturated carbocycles. The second kappa shape index (κ2) is 3.76. The number of aromatic nitrogens is 1. The van der Waals surface area contributed by atoms with Crippen molar-refractivity contribution in [3.05, 3.63) is 24.4 Å². The topological polar surface area (TPSA) is 16.1 Å². The number of fused-ring (bicyclic) bond motifs is 2. The molecule has 0 aromatic carbocycles. The Morgan fingerprint density at radius 2 is 2.19 bits per heavy atom. The first-order chi connectivity index (χ1) is 7.77. The van der Waals surface area contributed by atoms with E-state index in [0.29, 0.717) is 0 Å². The van der Waals surface area contributed by atoms with Crippen LogP contribution in [0.25, 0.3) is 0 Å². The Hall–Kier alpha value is -1.05. The molecule has 2 aliphatic rings. The van der Waals surface area contributed by atoms with Crippen molar-refractivity contribution >= 4 is 5.82 Å². The highest BCUT2D eigenvalue weighted by molar-refractivity contribution is 5.44. The van der Waals surface area contributed by atoms with E-state index in [9.17, 15) is 0 Å². The maximum atomic E-state index is 4.52. The van der Waals surface area contributed by atoms with E-state index in [1.165, 1.54) is 25.1 Å². The van der Waals surface area contributed by atoms with Crippen LogP contribution < -0.4 is 4.90 Å². The van der Waals surface area contributed by atoms with Crippen LogP contribution in [0, 0.1) is 11.8 Å². The van der Waals surface area contributed by atoms with Gasteiger partial charge in [0.1, 0.15) is 5.82 Å². The molecule has 2 heteroatoms. The van der Waals surface area contributed by atoms with Gasteiger partial charge in [-0.05, 0) is 43.2 Å². The zero-order valence-corrected chi connectivity index (χ0v) is 10.1. The zero-order valence-electron chi connectivity index (χ0n) is 10.1. The Bertz CT molecular complexity index is 360. The van der Waals surface area contributed by atoms with Crippen LogP contribution >= 0.6 is 0 Å². The van der Waals surface area contributed by atoms with E-state index in [1.807, 2.05) is 12.3 Å². The van der Waals surface area contributed by atoms with Crippen molar-refractivity contribution in [2.75, 3.05) is 4.90 Å². The molecule has 3 heterocycles. The Labute approximate surface area is 97.7 Å². The highest BCUT2D eigenvalue weighted by atomic mass is 15.3. The fourth-order valence-electron chi connectivity index (χ4n) is 3.62. The average Bonchev–Trinajstić information content (AvgIpc) is 2.87. The SMILES string of the molecule is CC(C)C1CC2CCC1N2c1ccccn1. The van der Waals surface area contributed by atoms with Crippen molar-refractivity contribution in [1.82, 2.24) is 4.98 Å². The lowest BCUT2D eigenvalue weighted by Gasteiger charge is -2.27. The maximum absolute atomic E-state index is 4.52. The van der Waals surface area contributed by atoms with Gasteiger partial charge in [0.05, 0.1) is 0 Å². The van der Waals surface area contributed by atoms with Gasteiger partial charge >= 0.3 is 0 Å². The molecule has 0 amide bonds. The molecule has 2 aliphatic heterocycles. The maximum Gasteiger partial charge on any atom is 0.128 e. The van der Waals surface area contributed by atoms with Gasteiger partial charge in [-0.15, -0.1) is 0 Å². The molecule has 2 saturated heterocycles. The third-order valence-electron chi connectivity index (χ3n) is 4.35. The van der Waals surface area contributed by atoms with Gasteiger partial charge in [-0.1, -0.05) is 19.9 Å². The van der Waals surface area contributed by atoms with Crippen molar-refractivity contribution in [2.24, 2.45) is 11.8 Å². The van der Waals surface area contributed by atoms with Gasteiger partial charge in [0.25, 0.3) is 0 Å². The quantitative estimate of drug-likeness (QED) is 0.755. The molecule has 1 aromatic rings. The van der Waals surface area contributed by atoms with Crippen LogP contribution in [0.4, 0.5) is 5.82 Å². The lowest BCUT2D eigenvalue weighted by molar-refractivity contribution is 0.314. The van der Waals surface area contributed by atoms with E-state index in [1.54, 1.807) is 0 Å². The Morgan fingerprint density at radius 1 is 1.31 bits per heavy atom. The highest BCUT2D eigenvalue weighted by Gasteiger charge is 2.47. The number of pyridine rings is 1. The third kappa shape index (κ3) is 1.43. The van der Waals surface area contributed by atoms with Gasteiger partial charge in [0.15, 0.2) is 0 Å². The molecule has 0 radical (unpaired) electrons. The van der Waals surface area contributed by atoms with Gasteiger partial charge in [-0.3, -0.25) is 0 Å². The van der Waals surface area contributed by atoms with E-state index in [-0.39, 0.29) is 0 Å². The lowest BCUT2D eigenvalue weighted by atomic mass is 9.82. The van der Waals surface area contributed by atoms with E-state index in [4.69, 9.17) is 0 Å². The molecule has 2 nitrogen and oxygen atoms in total. The number of anilines is 1. The number of hydrogen-bond acceptors (Lipinski definition) is 2. The molecule has 2 fully saturated rings. The molecule has 0 spiro atoms. The summed E-state index contributed by atoms with van der Waals surface area (Å²) in [5.74, 6) is 2.88. The molecule has 3 rings (SSSR count). The van der Waals surface area contributed by atoms with Crippen LogP contribution in [0.5, 0.6) is 0 Å². The molecule has 16 heavy (non-hydrogen) atoms. The number of nitrogens with zero attached hydrogens (tertiary/aromatic N) is 2. The van der Waals surface area contributed by atoms with Crippen molar-refractivity contribution in [1.29, 1.82) is 0 Å². The van der Waals surface area contributed by atoms with Crippen molar-refractivity contribution < 1.29 is 0 Å². The second-order valence-corrected chi connectivity index (χ2v) is 5.54. The van der Waals surface area contributed by atoms with E-state index < -0.39 is 0 Å². The summed E-state index contributed by atoms with van der Waals surface area (Å²) in [5, 5.41) is 0. The predicted octanol–water partition coefficient (Wildman–Crippen LogP) is 3.09. The van der Waals surface area contributed by atoms with Gasteiger partial charge in [0.2, 0.25) is 0 Å². The minimum atomic E-state index is 0.750. The first-order valence-corrected chi connectivity index (χ1v) is 6.46. The lowest BCUT2D eigenvalue weighted by Crippen LogP contribution is -2.32. The fourth-order valence-corrected chi connectivity index (χ4v) is 3.62. The molecule has 3 atom stereocenters. The minimum Gasteiger partial charge on any atom is -0.350 e. The molecule has 1 aromatic heterocycles. The summed E-state index contributed by atoms with van der Waals surface area (Å²) >= 11 is 0. The molecule has 0 N–H and O–H groups in total. The van der Waals surface area contributed by atoms with Crippen molar-refractivity contribution in [3.63, 3.8) is 0 Å². The Morgan fingerprint density at radius 3 is 2.81 bits per heavy atom. The number of rotatable bonds is 2. The summed E-state index contributed by atoms with van der Waals surface area (Å²) in [6.45, 7) is 4.73. The highest BCUT2D eigenvalue weighted by Crippen LogP contribution is 2.46. The summed E-state index contributed by atoms with van der Waals surface area (Å²) in [7, 11) is 0. The first-order valence-electron chi connectivity index (χ1n) is 6.46. The summed E-state index contributed by atoms with van der Waals surface area (Å²) in [6, 6.07) is 7.77. The molecule has 3 unspecified atom stereocenters. The molecular weight excluding hydrogens is 196 g/mol. The number of hydrogen-bond donors (Lipinski definition) is 0. The van der Waals surface area contributed by atoms with E-state index >= 15 is 0 Å². The average molecular weight is 216 g/mol. The molecule has 2 bridgehead atoms. The minimum absolute atomic E-state index is 0.750. The smallest absolute Gasteiger partial charge is 0.128 e. The van der Waals surface area contributed by atoms with Gasteiger partial charge in [-0.25, -0.2) is 4.98 Å². The van der Waals surface area contributed by atoms with Gasteiger partial charge in [-0.2, -0.15) is 0 Å². The Balaban J connectivity index is 1.88.